The van der Waals surface area contributed by atoms with Gasteiger partial charge >= 0.3 is 0 Å². The molecule has 1 N–H and O–H groups in total. The molecule has 6 aromatic rings. The first kappa shape index (κ1) is 33.5. The smallest absolute Gasteiger partial charge is 0.159 e. The van der Waals surface area contributed by atoms with Gasteiger partial charge in [0.2, 0.25) is 0 Å². The molecule has 0 amide bonds. The molecule has 3 aliphatic rings. The molecule has 4 unspecified atom stereocenters. The Morgan fingerprint density at radius 3 is 2.11 bits per heavy atom. The number of benzene rings is 6. The lowest BCUT2D eigenvalue weighted by Gasteiger charge is -2.26. The van der Waals surface area contributed by atoms with Crippen molar-refractivity contribution in [1.82, 2.24) is 5.32 Å². The van der Waals surface area contributed by atoms with Gasteiger partial charge in [-0.25, -0.2) is 9.98 Å². The van der Waals surface area contributed by atoms with Crippen molar-refractivity contribution in [2.75, 3.05) is 0 Å². The lowest BCUT2D eigenvalue weighted by Crippen LogP contribution is -2.33. The number of hydrogen-bond acceptors (Lipinski definition) is 3. The molecule has 3 heteroatoms. The van der Waals surface area contributed by atoms with Crippen molar-refractivity contribution in [3.63, 3.8) is 0 Å². The van der Waals surface area contributed by atoms with Gasteiger partial charge in [0.1, 0.15) is 12.0 Å². The maximum Gasteiger partial charge on any atom is 0.159 e. The van der Waals surface area contributed by atoms with Crippen molar-refractivity contribution < 1.29 is 0 Å². The summed E-state index contributed by atoms with van der Waals surface area (Å²) in [6, 6.07) is 50.5. The van der Waals surface area contributed by atoms with Crippen LogP contribution in [0.25, 0.3) is 44.2 Å². The molecule has 1 aliphatic heterocycles. The van der Waals surface area contributed by atoms with Crippen molar-refractivity contribution in [2.45, 2.75) is 32.4 Å². The van der Waals surface area contributed by atoms with E-state index < -0.39 is 0 Å². The van der Waals surface area contributed by atoms with Crippen molar-refractivity contribution >= 4 is 22.4 Å². The number of allylic oxidation sites excluding steroid dienone is 6. The van der Waals surface area contributed by atoms with Crippen LogP contribution in [0.4, 0.5) is 0 Å². The van der Waals surface area contributed by atoms with E-state index in [1.807, 2.05) is 0 Å². The van der Waals surface area contributed by atoms with E-state index in [2.05, 4.69) is 201 Å². The van der Waals surface area contributed by atoms with Crippen LogP contribution in [0.5, 0.6) is 0 Å². The average Bonchev–Trinajstić information content (AvgIpc) is 3.24. The molecule has 0 saturated carbocycles. The summed E-state index contributed by atoms with van der Waals surface area (Å²) in [5, 5.41) is 6.19. The monoisotopic (exact) mass is 697 g/mol. The summed E-state index contributed by atoms with van der Waals surface area (Å²) >= 11 is 0. The third kappa shape index (κ3) is 6.70. The van der Waals surface area contributed by atoms with Crippen LogP contribution < -0.4 is 5.32 Å². The molecule has 0 saturated heterocycles. The molecule has 2 aliphatic carbocycles. The van der Waals surface area contributed by atoms with Gasteiger partial charge in [-0.15, -0.1) is 0 Å². The molecule has 262 valence electrons. The van der Waals surface area contributed by atoms with Crippen LogP contribution in [0.15, 0.2) is 198 Å². The quantitative estimate of drug-likeness (QED) is 0.177. The van der Waals surface area contributed by atoms with E-state index in [-0.39, 0.29) is 6.17 Å². The highest BCUT2D eigenvalue weighted by molar-refractivity contribution is 6.14. The number of nitrogens with zero attached hydrogens (tertiary/aromatic N) is 2. The van der Waals surface area contributed by atoms with Gasteiger partial charge in [0.25, 0.3) is 0 Å². The standard InChI is InChI=1S/C51H43N3/c1-34-19-21-41(22-20-34)49-52-50(42-29-27-39(28-30-42)45-17-8-6-11-35(45)2)54-51(53-49)44-16-10-15-43(33-44)48-46-18-9-7-14-38(46)31-32-47(48)40-25-23-37(24-26-40)36-12-4-3-5-13-36/h3-19,21-35,45,51H,20H2,1-2H3,(H,52,53,54). The van der Waals surface area contributed by atoms with Gasteiger partial charge in [0.15, 0.2) is 5.84 Å². The van der Waals surface area contributed by atoms with E-state index >= 15 is 0 Å². The molecule has 54 heavy (non-hydrogen) atoms. The number of aliphatic imine (C=N–C) groups is 2. The number of nitrogens with one attached hydrogen (secondary N) is 1. The minimum absolute atomic E-state index is 0.309. The predicted molar refractivity (Wildman–Crippen MR) is 228 cm³/mol. The Labute approximate surface area is 318 Å². The largest absolute Gasteiger partial charge is 0.344 e. The predicted octanol–water partition coefficient (Wildman–Crippen LogP) is 12.7. The SMILES string of the molecule is CC1C=CC(C2=NC(c3cccc(-c4c(-c5ccc(-c6ccccc6)cc5)ccc5ccccc45)c3)NC(c3ccc(C4C=CC=CC4C)cc3)=N2)=CC1. The highest BCUT2D eigenvalue weighted by Crippen LogP contribution is 2.40. The molecule has 6 aromatic carbocycles. The van der Waals surface area contributed by atoms with Gasteiger partial charge in [-0.05, 0) is 79.6 Å². The van der Waals surface area contributed by atoms with E-state index in [0.29, 0.717) is 17.8 Å². The fourth-order valence-corrected chi connectivity index (χ4v) is 7.95. The number of amidine groups is 2. The maximum absolute atomic E-state index is 5.28. The second-order valence-corrected chi connectivity index (χ2v) is 14.7. The molecule has 0 radical (unpaired) electrons. The Hall–Kier alpha value is -6.32. The zero-order valence-electron chi connectivity index (χ0n) is 30.7. The minimum Gasteiger partial charge on any atom is -0.344 e. The van der Waals surface area contributed by atoms with E-state index in [4.69, 9.17) is 9.98 Å². The summed E-state index contributed by atoms with van der Waals surface area (Å²) < 4.78 is 0. The van der Waals surface area contributed by atoms with Crippen molar-refractivity contribution in [2.24, 2.45) is 21.8 Å². The third-order valence-electron chi connectivity index (χ3n) is 11.0. The zero-order valence-corrected chi connectivity index (χ0v) is 30.7. The molecule has 1 heterocycles. The molecule has 0 spiro atoms. The fourth-order valence-electron chi connectivity index (χ4n) is 7.95. The van der Waals surface area contributed by atoms with Crippen LogP contribution in [0.1, 0.15) is 49.0 Å². The van der Waals surface area contributed by atoms with Crippen LogP contribution in [0.3, 0.4) is 0 Å². The number of rotatable bonds is 7. The maximum atomic E-state index is 5.28. The molecule has 0 aromatic heterocycles. The zero-order chi connectivity index (χ0) is 36.4. The minimum atomic E-state index is -0.309. The van der Waals surface area contributed by atoms with Crippen molar-refractivity contribution in [3.05, 3.63) is 204 Å². The Kier molecular flexibility index (Phi) is 9.06. The van der Waals surface area contributed by atoms with E-state index in [1.165, 1.54) is 44.2 Å². The Bertz CT molecular complexity index is 2510. The highest BCUT2D eigenvalue weighted by atomic mass is 15.2. The van der Waals surface area contributed by atoms with E-state index in [0.717, 1.165) is 40.4 Å². The summed E-state index contributed by atoms with van der Waals surface area (Å²) in [7, 11) is 0. The first-order chi connectivity index (χ1) is 26.6. The lowest BCUT2D eigenvalue weighted by molar-refractivity contribution is 0.635. The Balaban J connectivity index is 1.10. The molecule has 3 nitrogen and oxygen atoms in total. The van der Waals surface area contributed by atoms with Crippen LogP contribution in [0, 0.1) is 11.8 Å². The molecular formula is C51H43N3. The van der Waals surface area contributed by atoms with Crippen LogP contribution in [-0.2, 0) is 0 Å². The molecule has 0 bridgehead atoms. The van der Waals surface area contributed by atoms with Crippen LogP contribution >= 0.6 is 0 Å². The summed E-state index contributed by atoms with van der Waals surface area (Å²) in [4.78, 5) is 10.4. The molecule has 9 rings (SSSR count). The highest BCUT2D eigenvalue weighted by Gasteiger charge is 2.24. The topological polar surface area (TPSA) is 36.8 Å². The third-order valence-corrected chi connectivity index (χ3v) is 11.0. The lowest BCUT2D eigenvalue weighted by atomic mass is 9.84. The summed E-state index contributed by atoms with van der Waals surface area (Å²) in [6.45, 7) is 4.53. The van der Waals surface area contributed by atoms with Crippen molar-refractivity contribution in [3.8, 4) is 33.4 Å². The summed E-state index contributed by atoms with van der Waals surface area (Å²) in [6.07, 6.45) is 16.3. The summed E-state index contributed by atoms with van der Waals surface area (Å²) in [5.74, 6) is 2.95. The van der Waals surface area contributed by atoms with Crippen molar-refractivity contribution in [1.29, 1.82) is 0 Å². The van der Waals surface area contributed by atoms with E-state index in [9.17, 15) is 0 Å². The van der Waals surface area contributed by atoms with Gasteiger partial charge in [0.05, 0.1) is 0 Å². The van der Waals surface area contributed by atoms with Crippen LogP contribution in [-0.4, -0.2) is 11.7 Å². The summed E-state index contributed by atoms with van der Waals surface area (Å²) in [5.41, 5.74) is 11.7. The van der Waals surface area contributed by atoms with Gasteiger partial charge in [0, 0.05) is 17.1 Å². The van der Waals surface area contributed by atoms with Gasteiger partial charge in [-0.1, -0.05) is 190 Å². The Morgan fingerprint density at radius 1 is 0.593 bits per heavy atom. The first-order valence-electron chi connectivity index (χ1n) is 19.1. The number of fused-ring (bicyclic) bond motifs is 1. The second-order valence-electron chi connectivity index (χ2n) is 14.7. The van der Waals surface area contributed by atoms with E-state index in [1.54, 1.807) is 0 Å². The second kappa shape index (κ2) is 14.6. The molecular weight excluding hydrogens is 655 g/mol. The molecule has 4 atom stereocenters. The van der Waals surface area contributed by atoms with Gasteiger partial charge in [-0.2, -0.15) is 0 Å². The van der Waals surface area contributed by atoms with Gasteiger partial charge < -0.3 is 5.32 Å². The average molecular weight is 698 g/mol. The number of hydrogen-bond donors (Lipinski definition) is 1. The van der Waals surface area contributed by atoms with Crippen LogP contribution in [0.2, 0.25) is 0 Å². The van der Waals surface area contributed by atoms with Gasteiger partial charge in [-0.3, -0.25) is 0 Å². The fraction of sp³-hybridized carbons (Fsp3) is 0.137. The first-order valence-corrected chi connectivity index (χ1v) is 19.1. The Morgan fingerprint density at radius 2 is 1.31 bits per heavy atom. The molecule has 0 fully saturated rings. The normalized spacial score (nSPS) is 20.6.